The number of rotatable bonds is 5. The van der Waals surface area contributed by atoms with E-state index in [4.69, 9.17) is 0 Å². The Morgan fingerprint density at radius 1 is 1.25 bits per heavy atom. The molecule has 2 aromatic rings. The summed E-state index contributed by atoms with van der Waals surface area (Å²) in [6.45, 7) is 1.91. The van der Waals surface area contributed by atoms with E-state index in [-0.39, 0.29) is 4.90 Å². The lowest BCUT2D eigenvalue weighted by Crippen LogP contribution is -2.23. The van der Waals surface area contributed by atoms with Gasteiger partial charge in [-0.1, -0.05) is 0 Å². The maximum Gasteiger partial charge on any atom is 0.229 e. The molecule has 1 aromatic heterocycles. The molecular weight excluding hydrogens is 352 g/mol. The number of nitrogens with one attached hydrogen (secondary N) is 2. The van der Waals surface area contributed by atoms with Crippen LogP contribution in [0.5, 0.6) is 0 Å². The topological polar surface area (TPSA) is 110 Å². The maximum absolute atomic E-state index is 12.1. The first kappa shape index (κ1) is 16.8. The van der Waals surface area contributed by atoms with Crippen molar-refractivity contribution in [1.29, 1.82) is 0 Å². The van der Waals surface area contributed by atoms with Gasteiger partial charge in [0.15, 0.2) is 9.84 Å². The van der Waals surface area contributed by atoms with Crippen molar-refractivity contribution in [2.24, 2.45) is 4.99 Å². The predicted molar refractivity (Wildman–Crippen MR) is 93.8 cm³/mol. The molecule has 130 valence electrons. The first-order valence-corrected chi connectivity index (χ1v) is 11.0. The van der Waals surface area contributed by atoms with Crippen LogP contribution in [-0.2, 0) is 26.4 Å². The van der Waals surface area contributed by atoms with Crippen LogP contribution in [0.1, 0.15) is 0 Å². The fourth-order valence-corrected chi connectivity index (χ4v) is 4.12. The zero-order chi connectivity index (χ0) is 17.5. The number of aromatic nitrogens is 1. The number of nitrogens with zero attached hydrogens (tertiary/aromatic N) is 2. The van der Waals surface area contributed by atoms with E-state index in [1.165, 1.54) is 6.07 Å². The van der Waals surface area contributed by atoms with E-state index in [9.17, 15) is 16.8 Å². The zero-order valence-electron chi connectivity index (χ0n) is 13.3. The normalized spacial score (nSPS) is 15.3. The summed E-state index contributed by atoms with van der Waals surface area (Å²) >= 11 is 0. The molecule has 0 aliphatic carbocycles. The van der Waals surface area contributed by atoms with Gasteiger partial charge in [0, 0.05) is 35.6 Å². The molecule has 1 aromatic carbocycles. The summed E-state index contributed by atoms with van der Waals surface area (Å²) < 4.78 is 51.1. The molecule has 0 saturated carbocycles. The third-order valence-corrected chi connectivity index (χ3v) is 5.34. The minimum absolute atomic E-state index is 0.160. The van der Waals surface area contributed by atoms with Gasteiger partial charge in [-0.2, -0.15) is 0 Å². The molecular formula is C14H18N4O4S2. The molecule has 0 saturated heterocycles. The first-order valence-electron chi connectivity index (χ1n) is 7.21. The molecule has 8 nitrogen and oxygen atoms in total. The monoisotopic (exact) mass is 370 g/mol. The van der Waals surface area contributed by atoms with E-state index in [0.29, 0.717) is 29.7 Å². The molecule has 0 spiro atoms. The molecule has 1 aliphatic rings. The lowest BCUT2D eigenvalue weighted by Gasteiger charge is -2.07. The van der Waals surface area contributed by atoms with Gasteiger partial charge in [-0.3, -0.25) is 9.71 Å². The molecule has 3 rings (SSSR count). The van der Waals surface area contributed by atoms with Crippen LogP contribution in [0.25, 0.3) is 10.9 Å². The van der Waals surface area contributed by atoms with Crippen LogP contribution in [0.3, 0.4) is 0 Å². The van der Waals surface area contributed by atoms with E-state index >= 15 is 0 Å². The second-order valence-electron chi connectivity index (χ2n) is 5.75. The number of sulfone groups is 1. The Kier molecular flexibility index (Phi) is 4.04. The van der Waals surface area contributed by atoms with Crippen molar-refractivity contribution in [2.75, 3.05) is 30.3 Å². The summed E-state index contributed by atoms with van der Waals surface area (Å²) in [5, 5.41) is 3.62. The van der Waals surface area contributed by atoms with Crippen LogP contribution in [0.4, 0.5) is 5.69 Å². The van der Waals surface area contributed by atoms with Crippen LogP contribution in [-0.4, -0.2) is 52.8 Å². The van der Waals surface area contributed by atoms with Gasteiger partial charge in [-0.05, 0) is 18.2 Å². The lowest BCUT2D eigenvalue weighted by atomic mass is 10.2. The van der Waals surface area contributed by atoms with Gasteiger partial charge in [0.05, 0.1) is 24.2 Å². The van der Waals surface area contributed by atoms with Crippen molar-refractivity contribution in [3.05, 3.63) is 24.4 Å². The van der Waals surface area contributed by atoms with Gasteiger partial charge in [0.1, 0.15) is 5.84 Å². The highest BCUT2D eigenvalue weighted by atomic mass is 32.2. The first-order chi connectivity index (χ1) is 11.1. The smallest absolute Gasteiger partial charge is 0.229 e. The van der Waals surface area contributed by atoms with Crippen LogP contribution in [0, 0.1) is 0 Å². The number of hydrogen-bond acceptors (Lipinski definition) is 6. The van der Waals surface area contributed by atoms with E-state index in [1.807, 2.05) is 0 Å². The van der Waals surface area contributed by atoms with Gasteiger partial charge >= 0.3 is 0 Å². The molecule has 0 atom stereocenters. The molecule has 0 radical (unpaired) electrons. The van der Waals surface area contributed by atoms with E-state index < -0.39 is 19.9 Å². The Bertz CT molecular complexity index is 1040. The number of anilines is 1. The summed E-state index contributed by atoms with van der Waals surface area (Å²) in [6, 6.07) is 4.84. The standard InChI is InChI=1S/C14H18N4O4S2/c1-23(19,20)13-8-18(9-14-15-5-6-16-14)12-4-3-10(7-11(12)13)17-24(2,21)22/h3-4,7-8,17H,5-6,9H2,1-2H3,(H,15,16). The highest BCUT2D eigenvalue weighted by molar-refractivity contribution is 7.92. The highest BCUT2D eigenvalue weighted by Crippen LogP contribution is 2.28. The Balaban J connectivity index is 2.13. The molecule has 2 N–H and O–H groups in total. The molecule has 24 heavy (non-hydrogen) atoms. The Morgan fingerprint density at radius 2 is 2.00 bits per heavy atom. The van der Waals surface area contributed by atoms with Crippen LogP contribution in [0.2, 0.25) is 0 Å². The largest absolute Gasteiger partial charge is 0.370 e. The van der Waals surface area contributed by atoms with Crippen LogP contribution < -0.4 is 10.0 Å². The molecule has 0 amide bonds. The van der Waals surface area contributed by atoms with Gasteiger partial charge in [-0.25, -0.2) is 16.8 Å². The summed E-state index contributed by atoms with van der Waals surface area (Å²) in [7, 11) is -6.90. The molecule has 0 unspecified atom stereocenters. The van der Waals surface area contributed by atoms with Crippen molar-refractivity contribution < 1.29 is 16.8 Å². The summed E-state index contributed by atoms with van der Waals surface area (Å²) in [4.78, 5) is 4.48. The highest BCUT2D eigenvalue weighted by Gasteiger charge is 2.19. The quantitative estimate of drug-likeness (QED) is 0.793. The van der Waals surface area contributed by atoms with Crippen molar-refractivity contribution >= 4 is 42.3 Å². The molecule has 1 aliphatic heterocycles. The number of sulfonamides is 1. The second kappa shape index (κ2) is 5.78. The average Bonchev–Trinajstić information content (AvgIpc) is 3.04. The number of aliphatic imine (C=N–C) groups is 1. The molecule has 2 heterocycles. The molecule has 10 heteroatoms. The fraction of sp³-hybridized carbons (Fsp3) is 0.357. The van der Waals surface area contributed by atoms with Gasteiger partial charge in [0.2, 0.25) is 10.0 Å². The van der Waals surface area contributed by atoms with Gasteiger partial charge in [-0.15, -0.1) is 0 Å². The van der Waals surface area contributed by atoms with Crippen molar-refractivity contribution in [3.63, 3.8) is 0 Å². The Labute approximate surface area is 140 Å². The average molecular weight is 370 g/mol. The number of hydrogen-bond donors (Lipinski definition) is 2. The Hall–Kier alpha value is -2.07. The van der Waals surface area contributed by atoms with Crippen LogP contribution in [0.15, 0.2) is 34.3 Å². The predicted octanol–water partition coefficient (Wildman–Crippen LogP) is 0.418. The zero-order valence-corrected chi connectivity index (χ0v) is 14.9. The SMILES string of the molecule is CS(=O)(=O)Nc1ccc2c(c1)c(S(C)(=O)=O)cn2CC1=NCCN1. The third kappa shape index (κ3) is 3.54. The Morgan fingerprint density at radius 3 is 2.58 bits per heavy atom. The number of benzene rings is 1. The van der Waals surface area contributed by atoms with E-state index in [2.05, 4.69) is 15.0 Å². The van der Waals surface area contributed by atoms with Crippen molar-refractivity contribution in [1.82, 2.24) is 9.88 Å². The van der Waals surface area contributed by atoms with Crippen LogP contribution >= 0.6 is 0 Å². The lowest BCUT2D eigenvalue weighted by molar-refractivity contribution is 0.601. The molecule has 0 bridgehead atoms. The number of amidine groups is 1. The third-order valence-electron chi connectivity index (χ3n) is 3.61. The number of fused-ring (bicyclic) bond motifs is 1. The van der Waals surface area contributed by atoms with Gasteiger partial charge < -0.3 is 9.88 Å². The summed E-state index contributed by atoms with van der Waals surface area (Å²) in [6.07, 6.45) is 3.74. The van der Waals surface area contributed by atoms with Crippen molar-refractivity contribution in [2.45, 2.75) is 11.4 Å². The van der Waals surface area contributed by atoms with E-state index in [1.54, 1.807) is 22.9 Å². The minimum atomic E-state index is -3.46. The second-order valence-corrected chi connectivity index (χ2v) is 9.49. The minimum Gasteiger partial charge on any atom is -0.370 e. The fourth-order valence-electron chi connectivity index (χ4n) is 2.68. The maximum atomic E-state index is 12.1. The summed E-state index contributed by atoms with van der Waals surface area (Å²) in [5.41, 5.74) is 1.02. The van der Waals surface area contributed by atoms with Gasteiger partial charge in [0.25, 0.3) is 0 Å². The summed E-state index contributed by atoms with van der Waals surface area (Å²) in [5.74, 6) is 0.797. The van der Waals surface area contributed by atoms with Crippen molar-refractivity contribution in [3.8, 4) is 0 Å². The van der Waals surface area contributed by atoms with E-state index in [0.717, 1.165) is 24.9 Å². The molecule has 0 fully saturated rings.